The number of hydrogen-bond donors (Lipinski definition) is 2. The van der Waals surface area contributed by atoms with E-state index in [1.54, 1.807) is 27.0 Å². The van der Waals surface area contributed by atoms with Crippen molar-refractivity contribution in [2.45, 2.75) is 78.9 Å². The van der Waals surface area contributed by atoms with Gasteiger partial charge in [-0.3, -0.25) is 14.3 Å². The smallest absolute Gasteiger partial charge is 0.410 e. The number of carbonyl (C=O) groups is 2. The molecule has 1 amide bonds. The molecule has 6 rings (SSSR count). The van der Waals surface area contributed by atoms with Crippen LogP contribution in [0.5, 0.6) is 0 Å². The lowest BCUT2D eigenvalue weighted by atomic mass is 10.0. The summed E-state index contributed by atoms with van der Waals surface area (Å²) < 4.78 is 6.94. The second kappa shape index (κ2) is 14.7. The average molecular weight is 630 g/mol. The quantitative estimate of drug-likeness (QED) is 0.223. The summed E-state index contributed by atoms with van der Waals surface area (Å²) in [5, 5.41) is 6.26. The van der Waals surface area contributed by atoms with Crippen LogP contribution in [0.2, 0.25) is 0 Å². The fourth-order valence-electron chi connectivity index (χ4n) is 5.35. The molecule has 0 saturated heterocycles. The molecule has 45 heavy (non-hydrogen) atoms. The molecule has 2 aliphatic heterocycles. The van der Waals surface area contributed by atoms with Crippen molar-refractivity contribution in [3.63, 3.8) is 0 Å². The number of aromatic nitrogens is 2. The first-order valence-corrected chi connectivity index (χ1v) is 15.6. The molecule has 0 aliphatic carbocycles. The van der Waals surface area contributed by atoms with Crippen LogP contribution in [0.15, 0.2) is 71.7 Å². The molecule has 1 atom stereocenters. The Morgan fingerprint density at radius 3 is 2.51 bits per heavy atom. The average Bonchev–Trinajstić information content (AvgIpc) is 3.71. The second-order valence-corrected chi connectivity index (χ2v) is 13.2. The Hall–Kier alpha value is -4.28. The van der Waals surface area contributed by atoms with E-state index in [0.29, 0.717) is 32.5 Å². The highest BCUT2D eigenvalue weighted by molar-refractivity contribution is 7.12. The molecular weight excluding hydrogens is 586 g/mol. The number of anilines is 1. The lowest BCUT2D eigenvalue weighted by molar-refractivity contribution is -0.110. The largest absolute Gasteiger partial charge is 0.444 e. The Labute approximate surface area is 269 Å². The molecule has 0 fully saturated rings. The maximum absolute atomic E-state index is 12.6. The molecule has 10 heteroatoms. The van der Waals surface area contributed by atoms with E-state index in [0.717, 1.165) is 35.2 Å². The van der Waals surface area contributed by atoms with Crippen molar-refractivity contribution in [2.75, 3.05) is 12.4 Å². The minimum atomic E-state index is -0.426. The van der Waals surface area contributed by atoms with Crippen molar-refractivity contribution in [3.05, 3.63) is 104 Å². The zero-order valence-electron chi connectivity index (χ0n) is 25.6. The number of fused-ring (bicyclic) bond motifs is 2. The van der Waals surface area contributed by atoms with Crippen LogP contribution in [0.3, 0.4) is 0 Å². The highest BCUT2D eigenvalue weighted by atomic mass is 32.1. The molecule has 4 heterocycles. The summed E-state index contributed by atoms with van der Waals surface area (Å²) in [5.74, 6) is 0.285. The molecule has 2 aromatic carbocycles. The van der Waals surface area contributed by atoms with E-state index in [9.17, 15) is 14.4 Å². The summed E-state index contributed by atoms with van der Waals surface area (Å²) in [4.78, 5) is 44.4. The molecule has 2 aromatic heterocycles. The molecule has 0 spiro atoms. The molecule has 0 radical (unpaired) electrons. The molecule has 9 nitrogen and oxygen atoms in total. The van der Waals surface area contributed by atoms with Crippen LogP contribution < -0.4 is 16.2 Å². The number of aryl methyl sites for hydroxylation is 1. The van der Waals surface area contributed by atoms with Crippen LogP contribution in [0.4, 0.5) is 10.6 Å². The Bertz CT molecular complexity index is 1650. The van der Waals surface area contributed by atoms with Gasteiger partial charge in [-0.1, -0.05) is 56.0 Å². The van der Waals surface area contributed by atoms with E-state index in [2.05, 4.69) is 45.9 Å². The van der Waals surface area contributed by atoms with Crippen LogP contribution in [0.25, 0.3) is 11.1 Å². The van der Waals surface area contributed by atoms with Gasteiger partial charge in [0.1, 0.15) is 11.9 Å². The number of carbonyl (C=O) groups excluding carboxylic acids is 2. The van der Waals surface area contributed by atoms with E-state index in [1.807, 2.05) is 58.2 Å². The van der Waals surface area contributed by atoms with Crippen molar-refractivity contribution in [3.8, 4) is 11.1 Å². The normalized spacial score (nSPS) is 14.8. The minimum Gasteiger partial charge on any atom is -0.444 e. The van der Waals surface area contributed by atoms with E-state index < -0.39 is 5.60 Å². The van der Waals surface area contributed by atoms with Gasteiger partial charge in [-0.25, -0.2) is 9.78 Å². The van der Waals surface area contributed by atoms with Gasteiger partial charge in [-0.05, 0) is 75.0 Å². The van der Waals surface area contributed by atoms with Gasteiger partial charge in [0.05, 0.1) is 19.1 Å². The zero-order chi connectivity index (χ0) is 31.3. The Morgan fingerprint density at radius 1 is 1.07 bits per heavy atom. The van der Waals surface area contributed by atoms with E-state index >= 15 is 0 Å². The summed E-state index contributed by atoms with van der Waals surface area (Å²) >= 11 is 1.77. The van der Waals surface area contributed by atoms with Gasteiger partial charge >= 0.3 is 6.09 Å². The molecule has 2 aliphatic rings. The highest BCUT2D eigenvalue weighted by Crippen LogP contribution is 2.32. The number of hydrogen-bond acceptors (Lipinski definition) is 8. The first-order chi connectivity index (χ1) is 21.1. The number of nitrogens with one attached hydrogen (secondary N) is 2. The molecule has 4 aromatic rings. The maximum atomic E-state index is 12.6. The first-order valence-electron chi connectivity index (χ1n) is 14.8. The summed E-state index contributed by atoms with van der Waals surface area (Å²) in [6.07, 6.45) is 3.69. The molecule has 238 valence electrons. The number of amides is 1. The third-order valence-electron chi connectivity index (χ3n) is 7.40. The maximum Gasteiger partial charge on any atom is 0.410 e. The van der Waals surface area contributed by atoms with Crippen molar-refractivity contribution in [1.29, 1.82) is 0 Å². The molecular formula is C35H43N5O4S. The Kier molecular flexibility index (Phi) is 11.0. The fourth-order valence-corrected chi connectivity index (χ4v) is 6.56. The molecule has 1 unspecified atom stereocenters. The van der Waals surface area contributed by atoms with Crippen LogP contribution in [0, 0.1) is 0 Å². The van der Waals surface area contributed by atoms with E-state index in [-0.39, 0.29) is 30.9 Å². The van der Waals surface area contributed by atoms with Crippen LogP contribution in [-0.2, 0) is 42.1 Å². The minimum absolute atomic E-state index is 0. The second-order valence-electron chi connectivity index (χ2n) is 12.0. The Morgan fingerprint density at radius 2 is 1.82 bits per heavy atom. The van der Waals surface area contributed by atoms with E-state index in [1.165, 1.54) is 15.3 Å². The predicted molar refractivity (Wildman–Crippen MR) is 180 cm³/mol. The van der Waals surface area contributed by atoms with Crippen molar-refractivity contribution in [1.82, 2.24) is 19.8 Å². The standard InChI is InChI=1S/C21H19N3O2.C13H20N2O2S.CH4/c25-14-19-10-9-18-13-23-20(21(26)24(18)19)22-12-15-5-4-8-17(11-15)16-6-2-1-3-7-16;1-13(2,3)17-12(16)15-7-9-5-10(6-14-4)18-11(9)8-15;/h1-8,11,13-14,19H,9-10,12H2,(H,22,23);5,14H,6-8H2,1-4H3;1H4. The number of thiophene rings is 1. The first kappa shape index (κ1) is 33.6. The van der Waals surface area contributed by atoms with Crippen molar-refractivity contribution >= 4 is 29.5 Å². The molecule has 0 bridgehead atoms. The van der Waals surface area contributed by atoms with Gasteiger partial charge in [-0.15, -0.1) is 11.3 Å². The number of nitrogens with zero attached hydrogens (tertiary/aromatic N) is 3. The van der Waals surface area contributed by atoms with Gasteiger partial charge in [0.2, 0.25) is 0 Å². The zero-order valence-corrected chi connectivity index (χ0v) is 26.4. The van der Waals surface area contributed by atoms with Gasteiger partial charge in [0.25, 0.3) is 5.56 Å². The molecule has 2 N–H and O–H groups in total. The van der Waals surface area contributed by atoms with Gasteiger partial charge in [-0.2, -0.15) is 0 Å². The highest BCUT2D eigenvalue weighted by Gasteiger charge is 2.29. The lowest BCUT2D eigenvalue weighted by Gasteiger charge is -2.24. The van der Waals surface area contributed by atoms with Crippen molar-refractivity contribution in [2.24, 2.45) is 0 Å². The van der Waals surface area contributed by atoms with E-state index in [4.69, 9.17) is 4.74 Å². The monoisotopic (exact) mass is 629 g/mol. The number of rotatable bonds is 7. The SMILES string of the molecule is C.CNCc1cc2c(s1)CN(C(=O)OC(C)(C)C)C2.O=CC1CCc2cnc(NCc3cccc(-c4ccccc4)c3)c(=O)n21. The molecule has 0 saturated carbocycles. The predicted octanol–water partition coefficient (Wildman–Crippen LogP) is 6.56. The lowest BCUT2D eigenvalue weighted by Crippen LogP contribution is -2.33. The van der Waals surface area contributed by atoms with Crippen LogP contribution in [-0.4, -0.2) is 39.5 Å². The van der Waals surface area contributed by atoms with Crippen molar-refractivity contribution < 1.29 is 14.3 Å². The topological polar surface area (TPSA) is 106 Å². The van der Waals surface area contributed by atoms with Gasteiger partial charge < -0.3 is 20.2 Å². The number of benzene rings is 2. The third-order valence-corrected chi connectivity index (χ3v) is 8.56. The van der Waals surface area contributed by atoms with Crippen LogP contribution in [0.1, 0.15) is 67.2 Å². The van der Waals surface area contributed by atoms with Gasteiger partial charge in [0, 0.05) is 34.7 Å². The third kappa shape index (κ3) is 8.26. The Balaban J connectivity index is 0.000000214. The summed E-state index contributed by atoms with van der Waals surface area (Å²) in [5.41, 5.74) is 4.77. The fraction of sp³-hybridized carbons (Fsp3) is 0.371. The summed E-state index contributed by atoms with van der Waals surface area (Å²) in [6, 6.07) is 20.2. The van der Waals surface area contributed by atoms with Crippen LogP contribution >= 0.6 is 11.3 Å². The summed E-state index contributed by atoms with van der Waals surface area (Å²) in [7, 11) is 1.94. The van der Waals surface area contributed by atoms with Gasteiger partial charge in [0.15, 0.2) is 5.82 Å². The summed E-state index contributed by atoms with van der Waals surface area (Å²) in [6.45, 7) is 8.41. The number of aldehydes is 1. The number of ether oxygens (including phenoxy) is 1.